The Balaban J connectivity index is 2.09. The van der Waals surface area contributed by atoms with Crippen molar-refractivity contribution in [1.82, 2.24) is 30.5 Å². The zero-order chi connectivity index (χ0) is 37.4. The molecule has 1 heterocycles. The van der Waals surface area contributed by atoms with Gasteiger partial charge in [-0.2, -0.15) is 26.3 Å². The fraction of sp³-hybridized carbons (Fsp3) is 0.621. The lowest BCUT2D eigenvalue weighted by Crippen LogP contribution is -2.52. The van der Waals surface area contributed by atoms with Crippen LogP contribution in [0.15, 0.2) is 36.5 Å². The number of nitrogens with zero attached hydrogens (tertiary/aromatic N) is 4. The number of alkyl halides is 6. The van der Waals surface area contributed by atoms with Crippen molar-refractivity contribution in [3.05, 3.63) is 47.8 Å². The second-order valence-electron chi connectivity index (χ2n) is 12.5. The molecule has 20 heteroatoms. The third-order valence-electron chi connectivity index (χ3n) is 6.43. The number of hydrogen-bond acceptors (Lipinski definition) is 9. The Bertz CT molecular complexity index is 1440. The Morgan fingerprint density at radius 1 is 0.980 bits per heavy atom. The van der Waals surface area contributed by atoms with Crippen molar-refractivity contribution in [2.75, 3.05) is 13.2 Å². The molecule has 0 spiro atoms. The maximum absolute atomic E-state index is 13.4. The van der Waals surface area contributed by atoms with E-state index in [0.29, 0.717) is 6.66 Å². The number of ether oxygens (including phenoxy) is 1. The summed E-state index contributed by atoms with van der Waals surface area (Å²) < 4.78 is 104. The molecule has 2 rings (SSSR count). The number of carbonyl (C=O) groups is 3. The quantitative estimate of drug-likeness (QED) is 0.186. The highest BCUT2D eigenvalue weighted by Crippen LogP contribution is 2.51. The van der Waals surface area contributed by atoms with Gasteiger partial charge in [0.1, 0.15) is 23.9 Å². The molecule has 0 saturated carbocycles. The van der Waals surface area contributed by atoms with E-state index in [1.165, 1.54) is 22.7 Å². The first-order chi connectivity index (χ1) is 22.4. The number of nitrogens with one attached hydrogen (secondary N) is 2. The van der Waals surface area contributed by atoms with E-state index in [4.69, 9.17) is 9.26 Å². The molecular formula is C29H41F6N6O7P. The van der Waals surface area contributed by atoms with Gasteiger partial charge in [0.05, 0.1) is 25.3 Å². The lowest BCUT2D eigenvalue weighted by atomic mass is 10.0. The number of halogens is 6. The zero-order valence-electron chi connectivity index (χ0n) is 28.0. The molecule has 0 fully saturated rings. The summed E-state index contributed by atoms with van der Waals surface area (Å²) in [5, 5.41) is 12.9. The summed E-state index contributed by atoms with van der Waals surface area (Å²) in [6.45, 7) is 9.36. The van der Waals surface area contributed by atoms with Gasteiger partial charge in [-0.3, -0.25) is 23.4 Å². The molecule has 0 bridgehead atoms. The molecule has 0 aliphatic heterocycles. The first kappa shape index (κ1) is 41.5. The maximum Gasteiger partial charge on any atom is 0.424 e. The highest BCUT2D eigenvalue weighted by atomic mass is 31.2. The number of aromatic nitrogens is 3. The molecule has 1 aromatic carbocycles. The largest absolute Gasteiger partial charge is 0.444 e. The van der Waals surface area contributed by atoms with Crippen LogP contribution in [0, 0.1) is 5.92 Å². The normalized spacial score (nSPS) is 15.0. The Kier molecular flexibility index (Phi) is 14.2. The average molecular weight is 731 g/mol. The number of amides is 3. The van der Waals surface area contributed by atoms with Crippen LogP contribution < -0.4 is 10.6 Å². The van der Waals surface area contributed by atoms with Gasteiger partial charge in [0, 0.05) is 13.2 Å². The molecule has 49 heavy (non-hydrogen) atoms. The van der Waals surface area contributed by atoms with E-state index < -0.39 is 74.8 Å². The third-order valence-corrected chi connectivity index (χ3v) is 7.62. The molecule has 1 aromatic heterocycles. The van der Waals surface area contributed by atoms with Crippen LogP contribution >= 0.6 is 7.60 Å². The van der Waals surface area contributed by atoms with E-state index in [2.05, 4.69) is 25.5 Å². The highest BCUT2D eigenvalue weighted by Gasteiger charge is 2.60. The smallest absolute Gasteiger partial charge is 0.424 e. The van der Waals surface area contributed by atoms with Crippen LogP contribution in [0.3, 0.4) is 0 Å². The van der Waals surface area contributed by atoms with E-state index in [1.807, 2.05) is 0 Å². The fourth-order valence-electron chi connectivity index (χ4n) is 4.09. The lowest BCUT2D eigenvalue weighted by Gasteiger charge is -2.28. The Hall–Kier alpha value is -3.70. The van der Waals surface area contributed by atoms with Crippen LogP contribution in [-0.2, 0) is 47.6 Å². The molecular weight excluding hydrogens is 689 g/mol. The van der Waals surface area contributed by atoms with E-state index in [9.17, 15) is 45.3 Å². The number of carbonyl (C=O) groups excluding carboxylic acids is 3. The van der Waals surface area contributed by atoms with Crippen LogP contribution in [0.1, 0.15) is 52.8 Å². The Labute approximate surface area is 279 Å². The average Bonchev–Trinajstić information content (AvgIpc) is 3.39. The minimum Gasteiger partial charge on any atom is -0.444 e. The molecule has 1 unspecified atom stereocenters. The van der Waals surface area contributed by atoms with E-state index in [1.54, 1.807) is 65.0 Å². The van der Waals surface area contributed by atoms with Crippen LogP contribution in [0.5, 0.6) is 0 Å². The van der Waals surface area contributed by atoms with Gasteiger partial charge in [-0.25, -0.2) is 4.79 Å². The van der Waals surface area contributed by atoms with Crippen molar-refractivity contribution in [2.45, 2.75) is 97.4 Å². The monoisotopic (exact) mass is 730 g/mol. The summed E-state index contributed by atoms with van der Waals surface area (Å²) in [6, 6.07) is 7.20. The first-order valence-electron chi connectivity index (χ1n) is 14.9. The maximum atomic E-state index is 13.4. The van der Waals surface area contributed by atoms with Crippen molar-refractivity contribution in [3.8, 4) is 0 Å². The molecule has 0 aliphatic carbocycles. The Morgan fingerprint density at radius 2 is 1.57 bits per heavy atom. The van der Waals surface area contributed by atoms with Crippen LogP contribution in [0.25, 0.3) is 0 Å². The van der Waals surface area contributed by atoms with Gasteiger partial charge in [-0.05, 0) is 39.2 Å². The molecule has 3 amide bonds. The molecule has 276 valence electrons. The number of benzene rings is 1. The van der Waals surface area contributed by atoms with Crippen LogP contribution in [0.2, 0.25) is 0 Å². The standard InChI is InChI=1S/C29H41F6N6O7P/c1-18(2)22(15-41-14-21(38-39-41)17-46-49(7,45)48-25(28(30,31)32)29(33,34)35)37-23(42)16-40(13-20-11-9-8-10-12-20)24(43)19(3)36-26(44)47-27(4,5)6/h8-12,14,18-19,22,25H,13,15-17H2,1-7H3,(H,36,44)(H,37,42)/t19-,22+,49?/m0/s1. The summed E-state index contributed by atoms with van der Waals surface area (Å²) >= 11 is 0. The summed E-state index contributed by atoms with van der Waals surface area (Å²) in [6.07, 6.45) is -15.6. The minimum atomic E-state index is -5.88. The minimum absolute atomic E-state index is 0.00411. The Morgan fingerprint density at radius 3 is 2.10 bits per heavy atom. The van der Waals surface area contributed by atoms with Crippen molar-refractivity contribution in [1.29, 1.82) is 0 Å². The highest BCUT2D eigenvalue weighted by molar-refractivity contribution is 7.52. The van der Waals surface area contributed by atoms with Crippen LogP contribution in [0.4, 0.5) is 31.1 Å². The van der Waals surface area contributed by atoms with Crippen molar-refractivity contribution in [3.63, 3.8) is 0 Å². The second kappa shape index (κ2) is 16.8. The van der Waals surface area contributed by atoms with Crippen molar-refractivity contribution in [2.24, 2.45) is 5.92 Å². The predicted molar refractivity (Wildman–Crippen MR) is 163 cm³/mol. The van der Waals surface area contributed by atoms with Gasteiger partial charge >= 0.3 is 26.0 Å². The molecule has 2 N–H and O–H groups in total. The van der Waals surface area contributed by atoms with E-state index >= 15 is 0 Å². The number of alkyl carbamates (subject to hydrolysis) is 1. The topological polar surface area (TPSA) is 154 Å². The fourth-order valence-corrected chi connectivity index (χ4v) is 5.14. The molecule has 13 nitrogen and oxygen atoms in total. The van der Waals surface area contributed by atoms with Crippen molar-refractivity contribution < 1.29 is 59.1 Å². The third kappa shape index (κ3) is 14.8. The first-order valence-corrected chi connectivity index (χ1v) is 16.9. The zero-order valence-corrected chi connectivity index (χ0v) is 28.9. The predicted octanol–water partition coefficient (Wildman–Crippen LogP) is 5.21. The van der Waals surface area contributed by atoms with Crippen molar-refractivity contribution >= 4 is 25.5 Å². The van der Waals surface area contributed by atoms with Gasteiger partial charge in [0.15, 0.2) is 0 Å². The van der Waals surface area contributed by atoms with E-state index in [0.717, 1.165) is 5.56 Å². The number of hydrogen-bond donors (Lipinski definition) is 2. The van der Waals surface area contributed by atoms with Crippen LogP contribution in [-0.4, -0.2) is 87.2 Å². The summed E-state index contributed by atoms with van der Waals surface area (Å²) in [7, 11) is -4.87. The summed E-state index contributed by atoms with van der Waals surface area (Å²) in [4.78, 5) is 40.2. The van der Waals surface area contributed by atoms with Gasteiger partial charge in [0.25, 0.3) is 6.10 Å². The molecule has 0 radical (unpaired) electrons. The summed E-state index contributed by atoms with van der Waals surface area (Å²) in [5.41, 5.74) is -0.176. The van der Waals surface area contributed by atoms with Gasteiger partial charge in [0.2, 0.25) is 11.8 Å². The van der Waals surface area contributed by atoms with E-state index in [-0.39, 0.29) is 24.7 Å². The number of rotatable bonds is 15. The van der Waals surface area contributed by atoms with Gasteiger partial charge in [-0.1, -0.05) is 49.4 Å². The molecule has 0 aliphatic rings. The second-order valence-corrected chi connectivity index (χ2v) is 14.5. The SMILES string of the molecule is CC(C)[C@@H](Cn1cc(COP(C)(=O)OC(C(F)(F)F)C(F)(F)F)nn1)NC(=O)CN(Cc1ccccc1)C(=O)[C@H](C)NC(=O)OC(C)(C)C. The molecule has 0 saturated heterocycles. The van der Waals surface area contributed by atoms with Gasteiger partial charge in [-0.15, -0.1) is 5.10 Å². The molecule has 2 aromatic rings. The lowest BCUT2D eigenvalue weighted by molar-refractivity contribution is -0.301. The van der Waals surface area contributed by atoms with Gasteiger partial charge < -0.3 is 24.8 Å². The summed E-state index contributed by atoms with van der Waals surface area (Å²) in [5.74, 6) is -1.31. The molecule has 3 atom stereocenters.